The third-order valence-electron chi connectivity index (χ3n) is 2.91. The third-order valence-corrected chi connectivity index (χ3v) is 3.22. The quantitative estimate of drug-likeness (QED) is 0.619. The van der Waals surface area contributed by atoms with Gasteiger partial charge in [0, 0.05) is 24.9 Å². The maximum absolute atomic E-state index is 10.6. The Balaban J connectivity index is 2.33. The van der Waals surface area contributed by atoms with Crippen LogP contribution in [-0.2, 0) is 0 Å². The summed E-state index contributed by atoms with van der Waals surface area (Å²) in [6, 6.07) is 12.2. The van der Waals surface area contributed by atoms with Gasteiger partial charge in [0.15, 0.2) is 0 Å². The van der Waals surface area contributed by atoms with Gasteiger partial charge in [-0.25, -0.2) is 0 Å². The first-order chi connectivity index (χ1) is 8.99. The van der Waals surface area contributed by atoms with Gasteiger partial charge in [0.25, 0.3) is 5.69 Å². The van der Waals surface area contributed by atoms with E-state index in [0.717, 1.165) is 16.9 Å². The molecule has 0 saturated heterocycles. The molecule has 0 amide bonds. The lowest BCUT2D eigenvalue weighted by Gasteiger charge is -2.20. The summed E-state index contributed by atoms with van der Waals surface area (Å²) in [5.74, 6) is 0. The van der Waals surface area contributed by atoms with Crippen molar-refractivity contribution in [1.82, 2.24) is 0 Å². The molecule has 0 saturated carbocycles. The Morgan fingerprint density at radius 1 is 1.16 bits per heavy atom. The van der Waals surface area contributed by atoms with Crippen molar-refractivity contribution in [3.05, 3.63) is 63.2 Å². The van der Waals surface area contributed by atoms with Crippen LogP contribution >= 0.6 is 11.6 Å². The molecule has 0 aliphatic heterocycles. The third kappa shape index (κ3) is 2.85. The average molecular weight is 277 g/mol. The lowest BCUT2D eigenvalue weighted by molar-refractivity contribution is -0.384. The van der Waals surface area contributed by atoms with Crippen LogP contribution in [0.4, 0.5) is 17.1 Å². The van der Waals surface area contributed by atoms with Gasteiger partial charge in [-0.1, -0.05) is 17.7 Å². The number of non-ortho nitro benzene ring substituents is 1. The van der Waals surface area contributed by atoms with Crippen LogP contribution in [0.25, 0.3) is 0 Å². The van der Waals surface area contributed by atoms with Crippen LogP contribution in [0.1, 0.15) is 5.56 Å². The molecular formula is C14H13ClN2O2. The van der Waals surface area contributed by atoms with Gasteiger partial charge in [-0.15, -0.1) is 0 Å². The average Bonchev–Trinajstić information content (AvgIpc) is 2.38. The Morgan fingerprint density at radius 3 is 2.32 bits per heavy atom. The second-order valence-corrected chi connectivity index (χ2v) is 4.69. The molecule has 4 nitrogen and oxygen atoms in total. The summed E-state index contributed by atoms with van der Waals surface area (Å²) in [5.41, 5.74) is 2.87. The first-order valence-corrected chi connectivity index (χ1v) is 6.11. The molecule has 0 N–H and O–H groups in total. The zero-order chi connectivity index (χ0) is 14.0. The Bertz CT molecular complexity index is 611. The molecule has 2 aromatic rings. The monoisotopic (exact) mass is 276 g/mol. The van der Waals surface area contributed by atoms with E-state index in [9.17, 15) is 10.1 Å². The van der Waals surface area contributed by atoms with E-state index in [1.807, 2.05) is 37.1 Å². The van der Waals surface area contributed by atoms with Crippen molar-refractivity contribution in [2.45, 2.75) is 6.92 Å². The van der Waals surface area contributed by atoms with Crippen LogP contribution in [0.2, 0.25) is 5.02 Å². The zero-order valence-corrected chi connectivity index (χ0v) is 11.4. The van der Waals surface area contributed by atoms with Gasteiger partial charge in [-0.2, -0.15) is 0 Å². The molecule has 0 fully saturated rings. The molecule has 0 unspecified atom stereocenters. The molecule has 0 aliphatic carbocycles. The van der Waals surface area contributed by atoms with E-state index in [1.54, 1.807) is 12.1 Å². The number of hydrogen-bond acceptors (Lipinski definition) is 3. The highest BCUT2D eigenvalue weighted by molar-refractivity contribution is 6.33. The van der Waals surface area contributed by atoms with E-state index in [2.05, 4.69) is 0 Å². The zero-order valence-electron chi connectivity index (χ0n) is 10.6. The van der Waals surface area contributed by atoms with E-state index in [0.29, 0.717) is 5.02 Å². The van der Waals surface area contributed by atoms with Crippen LogP contribution < -0.4 is 4.90 Å². The normalized spacial score (nSPS) is 10.3. The van der Waals surface area contributed by atoms with E-state index in [1.165, 1.54) is 12.1 Å². The van der Waals surface area contributed by atoms with E-state index < -0.39 is 4.92 Å². The largest absolute Gasteiger partial charge is 0.343 e. The van der Waals surface area contributed by atoms with Gasteiger partial charge in [0.1, 0.15) is 0 Å². The van der Waals surface area contributed by atoms with Crippen molar-refractivity contribution < 1.29 is 4.92 Å². The predicted octanol–water partition coefficient (Wildman–Crippen LogP) is 4.32. The number of anilines is 2. The first kappa shape index (κ1) is 13.4. The predicted molar refractivity (Wildman–Crippen MR) is 77.3 cm³/mol. The van der Waals surface area contributed by atoms with Gasteiger partial charge in [-0.05, 0) is 36.8 Å². The summed E-state index contributed by atoms with van der Waals surface area (Å²) in [7, 11) is 1.87. The van der Waals surface area contributed by atoms with Crippen molar-refractivity contribution in [2.24, 2.45) is 0 Å². The van der Waals surface area contributed by atoms with Gasteiger partial charge in [0.05, 0.1) is 15.6 Å². The molecule has 2 aromatic carbocycles. The van der Waals surface area contributed by atoms with Crippen molar-refractivity contribution in [2.75, 3.05) is 11.9 Å². The lowest BCUT2D eigenvalue weighted by atomic mass is 10.2. The summed E-state index contributed by atoms with van der Waals surface area (Å²) in [5, 5.41) is 11.3. The van der Waals surface area contributed by atoms with Crippen LogP contribution in [0.5, 0.6) is 0 Å². The number of nitro benzene ring substituents is 1. The topological polar surface area (TPSA) is 46.4 Å². The molecule has 5 heteroatoms. The van der Waals surface area contributed by atoms with Crippen molar-refractivity contribution in [1.29, 1.82) is 0 Å². The van der Waals surface area contributed by atoms with Crippen molar-refractivity contribution in [3.63, 3.8) is 0 Å². The van der Waals surface area contributed by atoms with E-state index in [4.69, 9.17) is 11.6 Å². The Labute approximate surface area is 116 Å². The van der Waals surface area contributed by atoms with Crippen LogP contribution in [0, 0.1) is 17.0 Å². The van der Waals surface area contributed by atoms with Crippen molar-refractivity contribution >= 4 is 28.7 Å². The SMILES string of the molecule is Cc1ccc(N(C)c2ccc([N+](=O)[O-])cc2)c(Cl)c1. The summed E-state index contributed by atoms with van der Waals surface area (Å²) in [6.45, 7) is 1.97. The fourth-order valence-electron chi connectivity index (χ4n) is 1.82. The fraction of sp³-hybridized carbons (Fsp3) is 0.143. The maximum Gasteiger partial charge on any atom is 0.269 e. The lowest BCUT2D eigenvalue weighted by Crippen LogP contribution is -2.09. The molecule has 19 heavy (non-hydrogen) atoms. The second kappa shape index (κ2) is 5.28. The number of nitrogens with zero attached hydrogens (tertiary/aromatic N) is 2. The van der Waals surface area contributed by atoms with Gasteiger partial charge < -0.3 is 4.90 Å². The van der Waals surface area contributed by atoms with Gasteiger partial charge in [0.2, 0.25) is 0 Å². The summed E-state index contributed by atoms with van der Waals surface area (Å²) >= 11 is 6.21. The Hall–Kier alpha value is -2.07. The number of rotatable bonds is 3. The molecule has 0 heterocycles. The maximum atomic E-state index is 10.6. The molecule has 0 atom stereocenters. The van der Waals surface area contributed by atoms with Gasteiger partial charge >= 0.3 is 0 Å². The number of halogens is 1. The van der Waals surface area contributed by atoms with Gasteiger partial charge in [-0.3, -0.25) is 10.1 Å². The van der Waals surface area contributed by atoms with Crippen LogP contribution in [-0.4, -0.2) is 12.0 Å². The molecule has 0 bridgehead atoms. The molecule has 0 radical (unpaired) electrons. The minimum atomic E-state index is -0.414. The van der Waals surface area contributed by atoms with Crippen LogP contribution in [0.3, 0.4) is 0 Å². The summed E-state index contributed by atoms with van der Waals surface area (Å²) in [6.07, 6.45) is 0. The number of benzene rings is 2. The molecule has 0 spiro atoms. The van der Waals surface area contributed by atoms with E-state index >= 15 is 0 Å². The number of hydrogen-bond donors (Lipinski definition) is 0. The Kier molecular flexibility index (Phi) is 3.71. The Morgan fingerprint density at radius 2 is 1.79 bits per heavy atom. The summed E-state index contributed by atoms with van der Waals surface area (Å²) < 4.78 is 0. The minimum Gasteiger partial charge on any atom is -0.343 e. The standard InChI is InChI=1S/C14H13ClN2O2/c1-10-3-8-14(13(15)9-10)16(2)11-4-6-12(7-5-11)17(18)19/h3-9H,1-2H3. The number of aryl methyl sites for hydroxylation is 1. The number of nitro groups is 1. The molecule has 0 aromatic heterocycles. The van der Waals surface area contributed by atoms with Crippen LogP contribution in [0.15, 0.2) is 42.5 Å². The molecule has 2 rings (SSSR count). The first-order valence-electron chi connectivity index (χ1n) is 5.73. The molecule has 98 valence electrons. The summed E-state index contributed by atoms with van der Waals surface area (Å²) in [4.78, 5) is 12.1. The highest BCUT2D eigenvalue weighted by Crippen LogP contribution is 2.31. The molecular weight excluding hydrogens is 264 g/mol. The smallest absolute Gasteiger partial charge is 0.269 e. The molecule has 0 aliphatic rings. The highest BCUT2D eigenvalue weighted by atomic mass is 35.5. The second-order valence-electron chi connectivity index (χ2n) is 4.29. The van der Waals surface area contributed by atoms with Crippen molar-refractivity contribution in [3.8, 4) is 0 Å². The highest BCUT2D eigenvalue weighted by Gasteiger charge is 2.10. The fourth-order valence-corrected chi connectivity index (χ4v) is 2.18. The van der Waals surface area contributed by atoms with E-state index in [-0.39, 0.29) is 5.69 Å². The minimum absolute atomic E-state index is 0.0761.